The van der Waals surface area contributed by atoms with E-state index in [-0.39, 0.29) is 18.4 Å². The SMILES string of the molecule is Cc1ccc(C)c(C(=O)CN(CCO)C(C)C)c1. The second-order valence-corrected chi connectivity index (χ2v) is 5.03. The molecule has 0 radical (unpaired) electrons. The van der Waals surface area contributed by atoms with Crippen molar-refractivity contribution in [3.8, 4) is 0 Å². The van der Waals surface area contributed by atoms with Gasteiger partial charge < -0.3 is 5.11 Å². The Balaban J connectivity index is 2.83. The minimum atomic E-state index is 0.0816. The fourth-order valence-corrected chi connectivity index (χ4v) is 1.95. The lowest BCUT2D eigenvalue weighted by Crippen LogP contribution is -2.37. The Labute approximate surface area is 109 Å². The summed E-state index contributed by atoms with van der Waals surface area (Å²) in [5.74, 6) is 0.123. The number of ketones is 1. The van der Waals surface area contributed by atoms with Gasteiger partial charge in [0.2, 0.25) is 0 Å². The molecule has 1 aromatic carbocycles. The lowest BCUT2D eigenvalue weighted by Gasteiger charge is -2.25. The molecule has 0 bridgehead atoms. The van der Waals surface area contributed by atoms with Crippen molar-refractivity contribution in [1.82, 2.24) is 4.90 Å². The van der Waals surface area contributed by atoms with Crippen molar-refractivity contribution in [3.63, 3.8) is 0 Å². The molecule has 1 aromatic rings. The third kappa shape index (κ3) is 3.93. The average Bonchev–Trinajstić information content (AvgIpc) is 2.31. The van der Waals surface area contributed by atoms with Gasteiger partial charge in [-0.15, -0.1) is 0 Å². The molecule has 0 amide bonds. The number of carbonyl (C=O) groups is 1. The maximum atomic E-state index is 12.3. The first-order valence-corrected chi connectivity index (χ1v) is 6.41. The molecule has 1 N–H and O–H groups in total. The summed E-state index contributed by atoms with van der Waals surface area (Å²) >= 11 is 0. The first kappa shape index (κ1) is 14.9. The summed E-state index contributed by atoms with van der Waals surface area (Å²) in [6.45, 7) is 9.00. The quantitative estimate of drug-likeness (QED) is 0.786. The number of benzene rings is 1. The van der Waals surface area contributed by atoms with Gasteiger partial charge in [-0.1, -0.05) is 17.7 Å². The summed E-state index contributed by atoms with van der Waals surface area (Å²) in [5.41, 5.74) is 2.90. The van der Waals surface area contributed by atoms with Crippen LogP contribution in [-0.4, -0.2) is 41.5 Å². The summed E-state index contributed by atoms with van der Waals surface area (Å²) in [6, 6.07) is 6.19. The molecule has 0 aliphatic heterocycles. The van der Waals surface area contributed by atoms with Gasteiger partial charge in [0.1, 0.15) is 0 Å². The van der Waals surface area contributed by atoms with Gasteiger partial charge in [-0.2, -0.15) is 0 Å². The molecule has 0 saturated carbocycles. The van der Waals surface area contributed by atoms with Gasteiger partial charge in [-0.05, 0) is 39.3 Å². The molecule has 0 atom stereocenters. The smallest absolute Gasteiger partial charge is 0.177 e. The van der Waals surface area contributed by atoms with E-state index in [1.54, 1.807) is 0 Å². The Kier molecular flexibility index (Phi) is 5.51. The number of hydrogen-bond donors (Lipinski definition) is 1. The van der Waals surface area contributed by atoms with Gasteiger partial charge in [0, 0.05) is 18.2 Å². The summed E-state index contributed by atoms with van der Waals surface area (Å²) in [4.78, 5) is 14.3. The number of carbonyl (C=O) groups excluding carboxylic acids is 1. The highest BCUT2D eigenvalue weighted by Crippen LogP contribution is 2.12. The maximum Gasteiger partial charge on any atom is 0.177 e. The molecule has 3 heteroatoms. The van der Waals surface area contributed by atoms with Crippen molar-refractivity contribution in [2.24, 2.45) is 0 Å². The van der Waals surface area contributed by atoms with E-state index in [9.17, 15) is 4.79 Å². The maximum absolute atomic E-state index is 12.3. The van der Waals surface area contributed by atoms with E-state index in [1.165, 1.54) is 0 Å². The molecule has 0 unspecified atom stereocenters. The number of nitrogens with zero attached hydrogens (tertiary/aromatic N) is 1. The standard InChI is InChI=1S/C15H23NO2/c1-11(2)16(7-8-17)10-15(18)14-9-12(3)5-6-13(14)4/h5-6,9,11,17H,7-8,10H2,1-4H3. The van der Waals surface area contributed by atoms with Crippen molar-refractivity contribution in [2.75, 3.05) is 19.7 Å². The summed E-state index contributed by atoms with van der Waals surface area (Å²) in [7, 11) is 0. The Bertz CT molecular complexity index is 413. The predicted octanol–water partition coefficient (Wildman–Crippen LogP) is 2.19. The lowest BCUT2D eigenvalue weighted by molar-refractivity contribution is 0.0880. The van der Waals surface area contributed by atoms with Crippen molar-refractivity contribution in [1.29, 1.82) is 0 Å². The monoisotopic (exact) mass is 249 g/mol. The van der Waals surface area contributed by atoms with E-state index in [1.807, 2.05) is 50.8 Å². The van der Waals surface area contributed by atoms with Crippen LogP contribution >= 0.6 is 0 Å². The van der Waals surface area contributed by atoms with E-state index >= 15 is 0 Å². The molecule has 18 heavy (non-hydrogen) atoms. The molecule has 3 nitrogen and oxygen atoms in total. The van der Waals surface area contributed by atoms with Crippen molar-refractivity contribution >= 4 is 5.78 Å². The van der Waals surface area contributed by atoms with Crippen molar-refractivity contribution < 1.29 is 9.90 Å². The predicted molar refractivity (Wildman–Crippen MR) is 74.0 cm³/mol. The van der Waals surface area contributed by atoms with E-state index in [0.29, 0.717) is 13.1 Å². The van der Waals surface area contributed by atoms with Crippen LogP contribution in [0.3, 0.4) is 0 Å². The van der Waals surface area contributed by atoms with E-state index < -0.39 is 0 Å². The highest BCUT2D eigenvalue weighted by Gasteiger charge is 2.16. The van der Waals surface area contributed by atoms with Gasteiger partial charge in [0.15, 0.2) is 5.78 Å². The zero-order valence-corrected chi connectivity index (χ0v) is 11.7. The number of aryl methyl sites for hydroxylation is 2. The zero-order chi connectivity index (χ0) is 13.7. The number of hydrogen-bond acceptors (Lipinski definition) is 3. The van der Waals surface area contributed by atoms with Gasteiger partial charge in [-0.25, -0.2) is 0 Å². The van der Waals surface area contributed by atoms with Crippen LogP contribution in [0.4, 0.5) is 0 Å². The Hall–Kier alpha value is -1.19. The van der Waals surface area contributed by atoms with E-state index in [4.69, 9.17) is 5.11 Å². The minimum absolute atomic E-state index is 0.0816. The van der Waals surface area contributed by atoms with E-state index in [2.05, 4.69) is 0 Å². The molecule has 0 spiro atoms. The molecule has 0 heterocycles. The summed E-state index contributed by atoms with van der Waals surface area (Å²) in [5, 5.41) is 9.01. The molecule has 0 aliphatic carbocycles. The van der Waals surface area contributed by atoms with E-state index in [0.717, 1.165) is 16.7 Å². The second kappa shape index (κ2) is 6.66. The van der Waals surface area contributed by atoms with Crippen LogP contribution in [0.15, 0.2) is 18.2 Å². The first-order chi connectivity index (χ1) is 8.45. The highest BCUT2D eigenvalue weighted by molar-refractivity contribution is 5.99. The largest absolute Gasteiger partial charge is 0.395 e. The van der Waals surface area contributed by atoms with Crippen molar-refractivity contribution in [2.45, 2.75) is 33.7 Å². The van der Waals surface area contributed by atoms with Gasteiger partial charge in [-0.3, -0.25) is 9.69 Å². The molecular weight excluding hydrogens is 226 g/mol. The Morgan fingerprint density at radius 2 is 2.00 bits per heavy atom. The normalized spacial score (nSPS) is 11.3. The zero-order valence-electron chi connectivity index (χ0n) is 11.7. The fraction of sp³-hybridized carbons (Fsp3) is 0.533. The van der Waals surface area contributed by atoms with Crippen molar-refractivity contribution in [3.05, 3.63) is 34.9 Å². The first-order valence-electron chi connectivity index (χ1n) is 6.41. The van der Waals surface area contributed by atoms with Gasteiger partial charge >= 0.3 is 0 Å². The second-order valence-electron chi connectivity index (χ2n) is 5.03. The Morgan fingerprint density at radius 3 is 2.56 bits per heavy atom. The van der Waals surface area contributed by atoms with Crippen LogP contribution in [0.25, 0.3) is 0 Å². The average molecular weight is 249 g/mol. The molecule has 0 saturated heterocycles. The van der Waals surface area contributed by atoms with Gasteiger partial charge in [0.05, 0.1) is 13.2 Å². The van der Waals surface area contributed by atoms with Crippen LogP contribution in [0.5, 0.6) is 0 Å². The number of Topliss-reactive ketones (excluding diaryl/α,β-unsaturated/α-hetero) is 1. The molecule has 0 fully saturated rings. The van der Waals surface area contributed by atoms with Crippen LogP contribution in [0.2, 0.25) is 0 Å². The third-order valence-corrected chi connectivity index (χ3v) is 3.16. The number of rotatable bonds is 6. The van der Waals surface area contributed by atoms with Crippen LogP contribution in [0, 0.1) is 13.8 Å². The fourth-order valence-electron chi connectivity index (χ4n) is 1.95. The number of aliphatic hydroxyl groups excluding tert-OH is 1. The number of aliphatic hydroxyl groups is 1. The lowest BCUT2D eigenvalue weighted by atomic mass is 10.0. The van der Waals surface area contributed by atoms with Gasteiger partial charge in [0.25, 0.3) is 0 Å². The molecular formula is C15H23NO2. The van der Waals surface area contributed by atoms with Crippen LogP contribution in [0.1, 0.15) is 35.3 Å². The summed E-state index contributed by atoms with van der Waals surface area (Å²) < 4.78 is 0. The topological polar surface area (TPSA) is 40.5 Å². The highest BCUT2D eigenvalue weighted by atomic mass is 16.3. The third-order valence-electron chi connectivity index (χ3n) is 3.16. The summed E-state index contributed by atoms with van der Waals surface area (Å²) in [6.07, 6.45) is 0. The Morgan fingerprint density at radius 1 is 1.33 bits per heavy atom. The van der Waals surface area contributed by atoms with Crippen LogP contribution in [-0.2, 0) is 0 Å². The minimum Gasteiger partial charge on any atom is -0.395 e. The molecule has 0 aliphatic rings. The molecule has 1 rings (SSSR count). The van der Waals surface area contributed by atoms with Crippen LogP contribution < -0.4 is 0 Å². The molecule has 100 valence electrons. The molecule has 0 aromatic heterocycles.